The van der Waals surface area contributed by atoms with E-state index in [0.717, 1.165) is 11.3 Å². The Morgan fingerprint density at radius 1 is 1.21 bits per heavy atom. The molecule has 28 heavy (non-hydrogen) atoms. The van der Waals surface area contributed by atoms with Gasteiger partial charge in [0.05, 0.1) is 22.0 Å². The molecule has 2 amide bonds. The second-order valence-corrected chi connectivity index (χ2v) is 6.66. The first-order valence-corrected chi connectivity index (χ1v) is 9.26. The van der Waals surface area contributed by atoms with Crippen LogP contribution in [0.1, 0.15) is 45.9 Å². The number of benzene rings is 1. The number of nitrogens with one attached hydrogen (secondary N) is 2. The van der Waals surface area contributed by atoms with E-state index in [1.165, 1.54) is 24.3 Å². The lowest BCUT2D eigenvalue weighted by Crippen LogP contribution is -2.14. The molecule has 1 heterocycles. The van der Waals surface area contributed by atoms with Gasteiger partial charge in [-0.1, -0.05) is 13.0 Å². The van der Waals surface area contributed by atoms with Gasteiger partial charge in [0.1, 0.15) is 5.00 Å². The summed E-state index contributed by atoms with van der Waals surface area (Å²) >= 11 is 0.943. The highest BCUT2D eigenvalue weighted by Crippen LogP contribution is 2.34. The molecule has 0 fully saturated rings. The van der Waals surface area contributed by atoms with Gasteiger partial charge < -0.3 is 15.4 Å². The van der Waals surface area contributed by atoms with Gasteiger partial charge in [-0.25, -0.2) is 4.79 Å². The minimum absolute atomic E-state index is 0.123. The molecule has 0 aliphatic rings. The first kappa shape index (κ1) is 21.0. The second-order valence-electron chi connectivity index (χ2n) is 5.64. The van der Waals surface area contributed by atoms with Crippen molar-refractivity contribution in [3.8, 4) is 0 Å². The molecule has 0 spiro atoms. The number of hydrogen-bond donors (Lipinski definition) is 2. The van der Waals surface area contributed by atoms with E-state index in [4.69, 9.17) is 4.74 Å². The Morgan fingerprint density at radius 2 is 1.93 bits per heavy atom. The quantitative estimate of drug-likeness (QED) is 0.410. The molecule has 2 N–H and O–H groups in total. The van der Waals surface area contributed by atoms with Crippen molar-refractivity contribution in [3.05, 3.63) is 50.4 Å². The second kappa shape index (κ2) is 9.09. The number of nitro groups is 1. The standard InChI is InChI=1S/C18H19N3O6S/c1-4-13(22)20-17-14(18(24)27-5-2)10(3)15(28-17)16(23)19-11-7-6-8-12(9-11)21(25)26/h6-9H,4-5H2,1-3H3,(H,19,23)(H,20,22). The Bertz CT molecular complexity index is 937. The Hall–Kier alpha value is -3.27. The van der Waals surface area contributed by atoms with E-state index in [1.807, 2.05) is 0 Å². The average Bonchev–Trinajstić information content (AvgIpc) is 2.98. The summed E-state index contributed by atoms with van der Waals surface area (Å²) in [6.45, 7) is 5.03. The van der Waals surface area contributed by atoms with Gasteiger partial charge in [0.15, 0.2) is 0 Å². The molecule has 0 saturated heterocycles. The first-order valence-electron chi connectivity index (χ1n) is 8.44. The summed E-state index contributed by atoms with van der Waals surface area (Å²) < 4.78 is 5.03. The molecule has 2 rings (SSSR count). The SMILES string of the molecule is CCOC(=O)c1c(NC(=O)CC)sc(C(=O)Nc2cccc([N+](=O)[O-])c2)c1C. The van der Waals surface area contributed by atoms with E-state index in [1.54, 1.807) is 20.8 Å². The maximum Gasteiger partial charge on any atom is 0.341 e. The molecular weight excluding hydrogens is 386 g/mol. The summed E-state index contributed by atoms with van der Waals surface area (Å²) in [7, 11) is 0. The number of carbonyl (C=O) groups is 3. The van der Waals surface area contributed by atoms with Gasteiger partial charge in [0.2, 0.25) is 5.91 Å². The Labute approximate surface area is 164 Å². The predicted octanol–water partition coefficient (Wildman–Crippen LogP) is 3.74. The third-order valence-electron chi connectivity index (χ3n) is 3.72. The molecule has 148 valence electrons. The normalized spacial score (nSPS) is 10.2. The Balaban J connectivity index is 2.38. The molecule has 2 aromatic rings. The third kappa shape index (κ3) is 4.71. The molecule has 0 unspecified atom stereocenters. The fraction of sp³-hybridized carbons (Fsp3) is 0.278. The van der Waals surface area contributed by atoms with Crippen molar-refractivity contribution in [2.24, 2.45) is 0 Å². The van der Waals surface area contributed by atoms with Crippen LogP contribution in [0.4, 0.5) is 16.4 Å². The molecule has 10 heteroatoms. The number of hydrogen-bond acceptors (Lipinski definition) is 7. The van der Waals surface area contributed by atoms with Crippen LogP contribution in [0.3, 0.4) is 0 Å². The lowest BCUT2D eigenvalue weighted by atomic mass is 10.1. The zero-order valence-corrected chi connectivity index (χ0v) is 16.3. The largest absolute Gasteiger partial charge is 0.462 e. The van der Waals surface area contributed by atoms with Crippen LogP contribution in [0.5, 0.6) is 0 Å². The van der Waals surface area contributed by atoms with Crippen molar-refractivity contribution >= 4 is 45.5 Å². The highest BCUT2D eigenvalue weighted by atomic mass is 32.1. The maximum absolute atomic E-state index is 12.7. The van der Waals surface area contributed by atoms with E-state index in [0.29, 0.717) is 5.56 Å². The van der Waals surface area contributed by atoms with Crippen LogP contribution < -0.4 is 10.6 Å². The molecule has 0 aliphatic carbocycles. The monoisotopic (exact) mass is 405 g/mol. The summed E-state index contributed by atoms with van der Waals surface area (Å²) in [5, 5.41) is 16.3. The molecule has 0 radical (unpaired) electrons. The van der Waals surface area contributed by atoms with Crippen molar-refractivity contribution in [2.45, 2.75) is 27.2 Å². The predicted molar refractivity (Wildman–Crippen MR) is 105 cm³/mol. The number of nitrogens with zero attached hydrogens (tertiary/aromatic N) is 1. The highest BCUT2D eigenvalue weighted by molar-refractivity contribution is 7.18. The van der Waals surface area contributed by atoms with Crippen LogP contribution in [-0.2, 0) is 9.53 Å². The molecule has 0 saturated carbocycles. The highest BCUT2D eigenvalue weighted by Gasteiger charge is 2.26. The minimum atomic E-state index is -0.642. The lowest BCUT2D eigenvalue weighted by molar-refractivity contribution is -0.384. The van der Waals surface area contributed by atoms with Crippen molar-refractivity contribution in [2.75, 3.05) is 17.2 Å². The number of ether oxygens (including phenoxy) is 1. The number of rotatable bonds is 7. The molecule has 9 nitrogen and oxygen atoms in total. The summed E-state index contributed by atoms with van der Waals surface area (Å²) in [6.07, 6.45) is 0.203. The van der Waals surface area contributed by atoms with Gasteiger partial charge in [-0.3, -0.25) is 19.7 Å². The van der Waals surface area contributed by atoms with E-state index in [-0.39, 0.29) is 45.8 Å². The van der Waals surface area contributed by atoms with E-state index in [9.17, 15) is 24.5 Å². The van der Waals surface area contributed by atoms with Crippen molar-refractivity contribution in [3.63, 3.8) is 0 Å². The van der Waals surface area contributed by atoms with Gasteiger partial charge in [0.25, 0.3) is 11.6 Å². The van der Waals surface area contributed by atoms with Gasteiger partial charge in [0, 0.05) is 24.2 Å². The van der Waals surface area contributed by atoms with Crippen molar-refractivity contribution < 1.29 is 24.0 Å². The number of non-ortho nitro benzene ring substituents is 1. The zero-order valence-electron chi connectivity index (χ0n) is 15.5. The van der Waals surface area contributed by atoms with Crippen molar-refractivity contribution in [1.29, 1.82) is 0 Å². The number of amides is 2. The fourth-order valence-electron chi connectivity index (χ4n) is 2.37. The maximum atomic E-state index is 12.7. The fourth-order valence-corrected chi connectivity index (χ4v) is 3.47. The zero-order chi connectivity index (χ0) is 20.8. The number of esters is 1. The van der Waals surface area contributed by atoms with Gasteiger partial charge in [-0.2, -0.15) is 0 Å². The Morgan fingerprint density at radius 3 is 2.54 bits per heavy atom. The van der Waals surface area contributed by atoms with E-state index in [2.05, 4.69) is 10.6 Å². The number of carbonyl (C=O) groups excluding carboxylic acids is 3. The van der Waals surface area contributed by atoms with E-state index < -0.39 is 16.8 Å². The molecule has 0 aliphatic heterocycles. The molecule has 1 aromatic heterocycles. The summed E-state index contributed by atoms with van der Waals surface area (Å²) in [4.78, 5) is 47.3. The summed E-state index contributed by atoms with van der Waals surface area (Å²) in [5.74, 6) is -1.50. The summed E-state index contributed by atoms with van der Waals surface area (Å²) in [5.41, 5.74) is 0.559. The van der Waals surface area contributed by atoms with Crippen LogP contribution in [0.2, 0.25) is 0 Å². The average molecular weight is 405 g/mol. The van der Waals surface area contributed by atoms with Gasteiger partial charge >= 0.3 is 5.97 Å². The number of nitro benzene ring substituents is 1. The number of thiophene rings is 1. The lowest BCUT2D eigenvalue weighted by Gasteiger charge is -2.06. The first-order chi connectivity index (χ1) is 13.3. The Kier molecular flexibility index (Phi) is 6.83. The third-order valence-corrected chi connectivity index (χ3v) is 4.93. The van der Waals surface area contributed by atoms with Gasteiger partial charge in [-0.15, -0.1) is 11.3 Å². The summed E-state index contributed by atoms with van der Waals surface area (Å²) in [6, 6.07) is 5.50. The molecular formula is C18H19N3O6S. The number of anilines is 2. The smallest absolute Gasteiger partial charge is 0.341 e. The molecule has 0 atom stereocenters. The van der Waals surface area contributed by atoms with E-state index >= 15 is 0 Å². The van der Waals surface area contributed by atoms with Crippen LogP contribution in [0.25, 0.3) is 0 Å². The topological polar surface area (TPSA) is 128 Å². The molecule has 0 bridgehead atoms. The van der Waals surface area contributed by atoms with Crippen LogP contribution in [0, 0.1) is 17.0 Å². The van der Waals surface area contributed by atoms with Crippen molar-refractivity contribution in [1.82, 2.24) is 0 Å². The van der Waals surface area contributed by atoms with Crippen LogP contribution in [-0.4, -0.2) is 29.3 Å². The van der Waals surface area contributed by atoms with Gasteiger partial charge in [-0.05, 0) is 25.5 Å². The van der Waals surface area contributed by atoms with Crippen LogP contribution in [0.15, 0.2) is 24.3 Å². The van der Waals surface area contributed by atoms with Crippen LogP contribution >= 0.6 is 11.3 Å². The molecule has 1 aromatic carbocycles. The minimum Gasteiger partial charge on any atom is -0.462 e.